The molecular weight excluding hydrogens is 328 g/mol. The molecule has 0 bridgehead atoms. The van der Waals surface area contributed by atoms with Crippen LogP contribution in [0, 0.1) is 17.0 Å². The third-order valence-corrected chi connectivity index (χ3v) is 3.35. The number of hydrazone groups is 1. The van der Waals surface area contributed by atoms with E-state index in [1.807, 2.05) is 0 Å². The van der Waals surface area contributed by atoms with E-state index in [1.54, 1.807) is 26.8 Å². The Morgan fingerprint density at radius 2 is 2.08 bits per heavy atom. The number of aromatic nitrogens is 1. The second-order valence-corrected chi connectivity index (χ2v) is 5.46. The van der Waals surface area contributed by atoms with E-state index in [0.717, 1.165) is 0 Å². The molecule has 9 nitrogen and oxygen atoms in total. The molecule has 25 heavy (non-hydrogen) atoms. The molecule has 0 atom stereocenters. The van der Waals surface area contributed by atoms with Gasteiger partial charge in [-0.25, -0.2) is 5.43 Å². The van der Waals surface area contributed by atoms with E-state index in [1.165, 1.54) is 12.1 Å². The van der Waals surface area contributed by atoms with Crippen LogP contribution in [-0.4, -0.2) is 34.1 Å². The number of fused-ring (bicyclic) bond motifs is 1. The number of non-ortho nitro benzene ring substituents is 1. The quantitative estimate of drug-likeness (QED) is 0.359. The Morgan fingerprint density at radius 3 is 2.72 bits per heavy atom. The zero-order chi connectivity index (χ0) is 18.6. The van der Waals surface area contributed by atoms with Crippen LogP contribution < -0.4 is 5.43 Å². The molecule has 1 amide bonds. The number of carbonyl (C=O) groups excluding carboxylic acids is 2. The van der Waals surface area contributed by atoms with Gasteiger partial charge in [0.1, 0.15) is 11.2 Å². The second kappa shape index (κ2) is 7.56. The number of nitro benzene ring substituents is 1. The van der Waals surface area contributed by atoms with Crippen LogP contribution in [0.3, 0.4) is 0 Å². The molecule has 0 saturated carbocycles. The Morgan fingerprint density at radius 1 is 1.36 bits per heavy atom. The first kappa shape index (κ1) is 18.1. The number of esters is 1. The topological polar surface area (TPSA) is 127 Å². The highest BCUT2D eigenvalue weighted by Crippen LogP contribution is 2.27. The van der Waals surface area contributed by atoms with Crippen molar-refractivity contribution in [1.29, 1.82) is 0 Å². The average molecular weight is 346 g/mol. The summed E-state index contributed by atoms with van der Waals surface area (Å²) in [5, 5.41) is 15.5. The van der Waals surface area contributed by atoms with Gasteiger partial charge >= 0.3 is 5.97 Å². The fraction of sp³-hybridized carbons (Fsp3) is 0.312. The number of nitrogens with one attached hydrogen (secondary N) is 2. The van der Waals surface area contributed by atoms with Gasteiger partial charge < -0.3 is 9.72 Å². The van der Waals surface area contributed by atoms with E-state index in [4.69, 9.17) is 4.74 Å². The third kappa shape index (κ3) is 4.40. The van der Waals surface area contributed by atoms with Crippen molar-refractivity contribution in [3.63, 3.8) is 0 Å². The molecule has 2 N–H and O–H groups in total. The summed E-state index contributed by atoms with van der Waals surface area (Å²) in [6.07, 6.45) is -0.0362. The number of aryl methyl sites for hydroxylation is 1. The highest BCUT2D eigenvalue weighted by atomic mass is 16.6. The number of hydrogen-bond donors (Lipinski definition) is 2. The molecule has 132 valence electrons. The lowest BCUT2D eigenvalue weighted by molar-refractivity contribution is -0.383. The second-order valence-electron chi connectivity index (χ2n) is 5.46. The molecule has 2 aromatic rings. The van der Waals surface area contributed by atoms with E-state index in [-0.39, 0.29) is 29.9 Å². The van der Waals surface area contributed by atoms with Gasteiger partial charge in [0.15, 0.2) is 0 Å². The van der Waals surface area contributed by atoms with Gasteiger partial charge in [-0.15, -0.1) is 0 Å². The summed E-state index contributed by atoms with van der Waals surface area (Å²) < 4.78 is 4.79. The lowest BCUT2D eigenvalue weighted by Crippen LogP contribution is -2.20. The fourth-order valence-corrected chi connectivity index (χ4v) is 2.30. The lowest BCUT2D eigenvalue weighted by Gasteiger charge is -2.02. The predicted octanol–water partition coefficient (Wildman–Crippen LogP) is 2.44. The molecule has 1 heterocycles. The molecule has 1 aromatic heterocycles. The summed E-state index contributed by atoms with van der Waals surface area (Å²) in [4.78, 5) is 36.9. The van der Waals surface area contributed by atoms with Crippen molar-refractivity contribution in [3.8, 4) is 0 Å². The van der Waals surface area contributed by atoms with Crippen molar-refractivity contribution in [2.45, 2.75) is 27.2 Å². The number of nitrogens with zero attached hydrogens (tertiary/aromatic N) is 2. The Bertz CT molecular complexity index is 869. The standard InChI is InChI=1S/C16H18N4O5/c1-4-25-14(21)7-10(3)18-19-16(22)12-8-11-5-9(2)6-13(20(23)24)15(11)17-12/h5-6,8,17H,4,7H2,1-3H3,(H,19,22)/b18-10+. The average Bonchev–Trinajstić information content (AvgIpc) is 2.95. The van der Waals surface area contributed by atoms with E-state index in [9.17, 15) is 19.7 Å². The Labute approximate surface area is 143 Å². The molecule has 0 unspecified atom stereocenters. The zero-order valence-corrected chi connectivity index (χ0v) is 14.1. The van der Waals surface area contributed by atoms with E-state index in [0.29, 0.717) is 16.7 Å². The maximum Gasteiger partial charge on any atom is 0.311 e. The van der Waals surface area contributed by atoms with Crippen molar-refractivity contribution < 1.29 is 19.2 Å². The SMILES string of the molecule is CCOC(=O)C/C(C)=N/NC(=O)c1cc2cc(C)cc([N+](=O)[O-])c2[nH]1. The van der Waals surface area contributed by atoms with Crippen molar-refractivity contribution in [1.82, 2.24) is 10.4 Å². The summed E-state index contributed by atoms with van der Waals surface area (Å²) in [5.74, 6) is -0.999. The Balaban J connectivity index is 2.18. The van der Waals surface area contributed by atoms with Crippen LogP contribution in [0.1, 0.15) is 36.3 Å². The number of nitro groups is 1. The van der Waals surface area contributed by atoms with Gasteiger partial charge in [-0.2, -0.15) is 5.10 Å². The highest BCUT2D eigenvalue weighted by Gasteiger charge is 2.18. The van der Waals surface area contributed by atoms with Gasteiger partial charge in [0.05, 0.1) is 18.0 Å². The van der Waals surface area contributed by atoms with Crippen LogP contribution in [0.25, 0.3) is 10.9 Å². The number of hydrogen-bond acceptors (Lipinski definition) is 6. The van der Waals surface area contributed by atoms with Gasteiger partial charge in [0.2, 0.25) is 0 Å². The third-order valence-electron chi connectivity index (χ3n) is 3.35. The zero-order valence-electron chi connectivity index (χ0n) is 14.1. The summed E-state index contributed by atoms with van der Waals surface area (Å²) >= 11 is 0. The van der Waals surface area contributed by atoms with E-state index >= 15 is 0 Å². The largest absolute Gasteiger partial charge is 0.466 e. The lowest BCUT2D eigenvalue weighted by atomic mass is 10.1. The van der Waals surface area contributed by atoms with Crippen LogP contribution in [0.5, 0.6) is 0 Å². The minimum atomic E-state index is -0.564. The first-order chi connectivity index (χ1) is 11.8. The maximum atomic E-state index is 12.2. The molecule has 0 radical (unpaired) electrons. The van der Waals surface area contributed by atoms with Gasteiger partial charge in [0.25, 0.3) is 11.6 Å². The van der Waals surface area contributed by atoms with Crippen molar-refractivity contribution in [3.05, 3.63) is 39.6 Å². The first-order valence-electron chi connectivity index (χ1n) is 7.58. The van der Waals surface area contributed by atoms with Crippen LogP contribution in [0.4, 0.5) is 5.69 Å². The Kier molecular flexibility index (Phi) is 5.48. The molecule has 9 heteroatoms. The van der Waals surface area contributed by atoms with Crippen LogP contribution >= 0.6 is 0 Å². The smallest absolute Gasteiger partial charge is 0.311 e. The molecule has 0 aliphatic heterocycles. The summed E-state index contributed by atoms with van der Waals surface area (Å²) in [5.41, 5.74) is 3.71. The van der Waals surface area contributed by atoms with Gasteiger partial charge in [-0.05, 0) is 38.5 Å². The van der Waals surface area contributed by atoms with Crippen molar-refractivity contribution in [2.24, 2.45) is 5.10 Å². The van der Waals surface area contributed by atoms with Gasteiger partial charge in [-0.1, -0.05) is 0 Å². The molecule has 0 saturated heterocycles. The van der Waals surface area contributed by atoms with Gasteiger partial charge in [-0.3, -0.25) is 19.7 Å². The molecule has 2 rings (SSSR count). The summed E-state index contributed by atoms with van der Waals surface area (Å²) in [6.45, 7) is 5.29. The maximum absolute atomic E-state index is 12.2. The van der Waals surface area contributed by atoms with Crippen molar-refractivity contribution >= 4 is 34.2 Å². The Hall–Kier alpha value is -3.23. The number of rotatable bonds is 6. The number of amides is 1. The molecule has 0 spiro atoms. The first-order valence-corrected chi connectivity index (χ1v) is 7.58. The number of H-pyrrole nitrogens is 1. The monoisotopic (exact) mass is 346 g/mol. The number of aromatic amines is 1. The minimum absolute atomic E-state index is 0.0362. The van der Waals surface area contributed by atoms with E-state index in [2.05, 4.69) is 15.5 Å². The van der Waals surface area contributed by atoms with Crippen LogP contribution in [0.2, 0.25) is 0 Å². The molecular formula is C16H18N4O5. The molecule has 0 fully saturated rings. The summed E-state index contributed by atoms with van der Waals surface area (Å²) in [7, 11) is 0. The van der Waals surface area contributed by atoms with Gasteiger partial charge in [0, 0.05) is 17.2 Å². The number of carbonyl (C=O) groups is 2. The summed E-state index contributed by atoms with van der Waals surface area (Å²) in [6, 6.07) is 4.69. The predicted molar refractivity (Wildman–Crippen MR) is 91.5 cm³/mol. The normalized spacial score (nSPS) is 11.4. The number of benzene rings is 1. The minimum Gasteiger partial charge on any atom is -0.466 e. The van der Waals surface area contributed by atoms with E-state index < -0.39 is 16.8 Å². The molecule has 0 aliphatic rings. The fourth-order valence-electron chi connectivity index (χ4n) is 2.30. The van der Waals surface area contributed by atoms with Crippen LogP contribution in [-0.2, 0) is 9.53 Å². The molecule has 1 aromatic carbocycles. The number of ether oxygens (including phenoxy) is 1. The molecule has 0 aliphatic carbocycles. The van der Waals surface area contributed by atoms with Crippen molar-refractivity contribution in [2.75, 3.05) is 6.61 Å². The van der Waals surface area contributed by atoms with Crippen LogP contribution in [0.15, 0.2) is 23.3 Å². The highest BCUT2D eigenvalue weighted by molar-refractivity contribution is 6.02.